The van der Waals surface area contributed by atoms with Gasteiger partial charge >= 0.3 is 12.1 Å². The smallest absolute Gasteiger partial charge is 0.412 e. The van der Waals surface area contributed by atoms with Crippen LogP contribution in [0.2, 0.25) is 0 Å². The molecule has 0 spiro atoms. The Morgan fingerprint density at radius 3 is 2.32 bits per heavy atom. The molecule has 1 rings (SSSR count). The number of carboxylic acid groups (broad SMARTS) is 1. The Hall–Kier alpha value is -1.83. The number of aliphatic carboxylic acids is 1. The second-order valence-electron chi connectivity index (χ2n) is 10.2. The zero-order chi connectivity index (χ0) is 24.0. The quantitative estimate of drug-likeness (QED) is 0.492. The van der Waals surface area contributed by atoms with Gasteiger partial charge in [0.25, 0.3) is 0 Å². The van der Waals surface area contributed by atoms with E-state index in [1.54, 1.807) is 39.5 Å². The van der Waals surface area contributed by atoms with E-state index in [-0.39, 0.29) is 30.2 Å². The third-order valence-corrected chi connectivity index (χ3v) is 5.40. The predicted molar refractivity (Wildman–Crippen MR) is 119 cm³/mol. The van der Waals surface area contributed by atoms with Crippen molar-refractivity contribution in [3.05, 3.63) is 0 Å². The minimum atomic E-state index is -0.932. The molecule has 0 radical (unpaired) electrons. The maximum Gasteiger partial charge on any atom is 0.412 e. The Bertz CT molecular complexity index is 628. The summed E-state index contributed by atoms with van der Waals surface area (Å²) in [7, 11) is 0. The van der Waals surface area contributed by atoms with Gasteiger partial charge in [0.2, 0.25) is 5.91 Å². The molecule has 180 valence electrons. The average molecular weight is 443 g/mol. The number of carbonyl (C=O) groups is 3. The zero-order valence-corrected chi connectivity index (χ0v) is 20.5. The summed E-state index contributed by atoms with van der Waals surface area (Å²) in [6.45, 7) is 15.4. The zero-order valence-electron chi connectivity index (χ0n) is 20.5. The van der Waals surface area contributed by atoms with Gasteiger partial charge in [-0.3, -0.25) is 14.5 Å². The van der Waals surface area contributed by atoms with Crippen LogP contribution in [0.4, 0.5) is 4.79 Å². The Balaban J connectivity index is 3.07. The van der Waals surface area contributed by atoms with E-state index in [0.717, 1.165) is 12.8 Å². The largest absolute Gasteiger partial charge is 0.481 e. The first-order valence-corrected chi connectivity index (χ1v) is 11.4. The van der Waals surface area contributed by atoms with Crippen LogP contribution >= 0.6 is 0 Å². The minimum Gasteiger partial charge on any atom is -0.481 e. The molecule has 0 aromatic heterocycles. The lowest BCUT2D eigenvalue weighted by Gasteiger charge is -2.36. The van der Waals surface area contributed by atoms with E-state index in [4.69, 9.17) is 9.47 Å². The van der Waals surface area contributed by atoms with E-state index < -0.39 is 29.5 Å². The van der Waals surface area contributed by atoms with Crippen LogP contribution in [0.15, 0.2) is 0 Å². The van der Waals surface area contributed by atoms with Crippen molar-refractivity contribution in [3.8, 4) is 0 Å². The van der Waals surface area contributed by atoms with Gasteiger partial charge in [0.1, 0.15) is 11.3 Å². The van der Waals surface area contributed by atoms with Crippen LogP contribution in [0.1, 0.15) is 87.5 Å². The van der Waals surface area contributed by atoms with Crippen LogP contribution in [-0.2, 0) is 19.1 Å². The van der Waals surface area contributed by atoms with Crippen molar-refractivity contribution in [2.24, 2.45) is 11.8 Å². The number of amides is 2. The van der Waals surface area contributed by atoms with Crippen LogP contribution in [0, 0.1) is 11.8 Å². The number of carboxylic acids is 1. The molecule has 8 nitrogen and oxygen atoms in total. The van der Waals surface area contributed by atoms with Crippen molar-refractivity contribution < 1.29 is 29.0 Å². The van der Waals surface area contributed by atoms with Gasteiger partial charge in [-0.05, 0) is 59.8 Å². The molecule has 0 saturated carbocycles. The highest BCUT2D eigenvalue weighted by atomic mass is 16.6. The molecule has 0 bridgehead atoms. The maximum atomic E-state index is 13.1. The summed E-state index contributed by atoms with van der Waals surface area (Å²) in [4.78, 5) is 38.3. The lowest BCUT2D eigenvalue weighted by atomic mass is 9.90. The summed E-state index contributed by atoms with van der Waals surface area (Å²) >= 11 is 0. The van der Waals surface area contributed by atoms with Gasteiger partial charge in [0.05, 0.1) is 12.1 Å². The lowest BCUT2D eigenvalue weighted by Crippen LogP contribution is -2.50. The Morgan fingerprint density at radius 2 is 1.81 bits per heavy atom. The molecule has 2 amide bonds. The fourth-order valence-corrected chi connectivity index (χ4v) is 4.01. The second-order valence-corrected chi connectivity index (χ2v) is 10.2. The molecular formula is C23H42N2O6. The number of rotatable bonds is 10. The first-order valence-electron chi connectivity index (χ1n) is 11.4. The minimum absolute atomic E-state index is 0.00113. The summed E-state index contributed by atoms with van der Waals surface area (Å²) < 4.78 is 11.9. The van der Waals surface area contributed by atoms with Crippen LogP contribution in [0.5, 0.6) is 0 Å². The van der Waals surface area contributed by atoms with E-state index in [2.05, 4.69) is 12.2 Å². The standard InChI is InChI=1S/C23H42N2O6/c1-9-10-11-24-20(28)16(3)14-18-17(12-15(2)13-19(26)27)25(23(7,8)30-18)21(29)31-22(4,5)6/h15-18H,9-14H2,1-8H3,(H,24,28)(H,26,27)/t15-,16+,17-,18-/m0/s1. The lowest BCUT2D eigenvalue weighted by molar-refractivity contribution is -0.138. The highest BCUT2D eigenvalue weighted by Gasteiger charge is 2.51. The van der Waals surface area contributed by atoms with Gasteiger partial charge < -0.3 is 19.9 Å². The molecule has 0 aromatic carbocycles. The molecule has 0 aliphatic carbocycles. The molecule has 0 aromatic rings. The third-order valence-electron chi connectivity index (χ3n) is 5.40. The molecule has 4 atom stereocenters. The monoisotopic (exact) mass is 442 g/mol. The van der Waals surface area contributed by atoms with Crippen molar-refractivity contribution in [2.75, 3.05) is 6.54 Å². The highest BCUT2D eigenvalue weighted by Crippen LogP contribution is 2.39. The SMILES string of the molecule is CCCCNC(=O)[C@H](C)C[C@@H]1OC(C)(C)N(C(=O)OC(C)(C)C)[C@H]1C[C@H](C)CC(=O)O. The molecule has 1 aliphatic heterocycles. The van der Waals surface area contributed by atoms with Crippen molar-refractivity contribution in [3.63, 3.8) is 0 Å². The number of unbranched alkanes of at least 4 members (excludes halogenated alkanes) is 1. The van der Waals surface area contributed by atoms with Crippen LogP contribution in [0.25, 0.3) is 0 Å². The molecule has 2 N–H and O–H groups in total. The van der Waals surface area contributed by atoms with Gasteiger partial charge in [-0.25, -0.2) is 4.79 Å². The topological polar surface area (TPSA) is 105 Å². The van der Waals surface area contributed by atoms with Crippen molar-refractivity contribution >= 4 is 18.0 Å². The molecular weight excluding hydrogens is 400 g/mol. The van der Waals surface area contributed by atoms with E-state index in [1.807, 2.05) is 13.8 Å². The molecule has 1 fully saturated rings. The van der Waals surface area contributed by atoms with Crippen LogP contribution < -0.4 is 5.32 Å². The Labute approximate surface area is 187 Å². The molecule has 8 heteroatoms. The summed E-state index contributed by atoms with van der Waals surface area (Å²) in [5, 5.41) is 12.1. The molecule has 31 heavy (non-hydrogen) atoms. The van der Waals surface area contributed by atoms with Crippen LogP contribution in [-0.4, -0.2) is 58.0 Å². The van der Waals surface area contributed by atoms with Gasteiger partial charge in [-0.2, -0.15) is 0 Å². The van der Waals surface area contributed by atoms with Crippen molar-refractivity contribution in [2.45, 2.75) is 111 Å². The van der Waals surface area contributed by atoms with E-state index in [9.17, 15) is 19.5 Å². The van der Waals surface area contributed by atoms with Crippen LogP contribution in [0.3, 0.4) is 0 Å². The Morgan fingerprint density at radius 1 is 1.19 bits per heavy atom. The molecule has 1 saturated heterocycles. The second kappa shape index (κ2) is 11.2. The number of carbonyl (C=O) groups excluding carboxylic acids is 2. The number of nitrogens with one attached hydrogen (secondary N) is 1. The van der Waals surface area contributed by atoms with Crippen molar-refractivity contribution in [1.82, 2.24) is 10.2 Å². The summed E-state index contributed by atoms with van der Waals surface area (Å²) in [5.74, 6) is -1.38. The fraction of sp³-hybridized carbons (Fsp3) is 0.870. The number of ether oxygens (including phenoxy) is 2. The van der Waals surface area contributed by atoms with E-state index in [1.165, 1.54) is 0 Å². The summed E-state index contributed by atoms with van der Waals surface area (Å²) in [5.41, 5.74) is -1.60. The van der Waals surface area contributed by atoms with Gasteiger partial charge in [-0.1, -0.05) is 27.2 Å². The fourth-order valence-electron chi connectivity index (χ4n) is 4.01. The Kier molecular flexibility index (Phi) is 9.79. The first-order chi connectivity index (χ1) is 14.2. The van der Waals surface area contributed by atoms with E-state index in [0.29, 0.717) is 19.4 Å². The van der Waals surface area contributed by atoms with Crippen molar-refractivity contribution in [1.29, 1.82) is 0 Å². The summed E-state index contributed by atoms with van der Waals surface area (Å²) in [6, 6.07) is -0.384. The molecule has 1 heterocycles. The predicted octanol–water partition coefficient (Wildman–Crippen LogP) is 4.17. The number of hydrogen-bond donors (Lipinski definition) is 2. The van der Waals surface area contributed by atoms with Gasteiger partial charge in [-0.15, -0.1) is 0 Å². The maximum absolute atomic E-state index is 13.1. The highest BCUT2D eigenvalue weighted by molar-refractivity contribution is 5.78. The molecule has 1 aliphatic rings. The molecule has 0 unspecified atom stereocenters. The number of hydrogen-bond acceptors (Lipinski definition) is 5. The average Bonchev–Trinajstić information content (AvgIpc) is 2.82. The number of nitrogens with zero attached hydrogens (tertiary/aromatic N) is 1. The normalized spacial score (nSPS) is 22.6. The van der Waals surface area contributed by atoms with E-state index >= 15 is 0 Å². The summed E-state index contributed by atoms with van der Waals surface area (Å²) in [6.07, 6.45) is 1.92. The van der Waals surface area contributed by atoms with Gasteiger partial charge in [0, 0.05) is 18.9 Å². The van der Waals surface area contributed by atoms with Gasteiger partial charge in [0.15, 0.2) is 0 Å². The third kappa shape index (κ3) is 8.67. The first kappa shape index (κ1) is 27.2.